The molecule has 1 N–H and O–H groups in total. The summed E-state index contributed by atoms with van der Waals surface area (Å²) in [5.41, 5.74) is 1.97. The van der Waals surface area contributed by atoms with Crippen molar-refractivity contribution in [3.63, 3.8) is 0 Å². The van der Waals surface area contributed by atoms with Crippen LogP contribution in [0.25, 0.3) is 0 Å². The molecule has 1 aromatic heterocycles. The van der Waals surface area contributed by atoms with Gasteiger partial charge in [0.05, 0.1) is 6.26 Å². The van der Waals surface area contributed by atoms with Crippen LogP contribution in [0, 0.1) is 0 Å². The van der Waals surface area contributed by atoms with Crippen molar-refractivity contribution in [2.75, 3.05) is 0 Å². The van der Waals surface area contributed by atoms with Gasteiger partial charge in [0.1, 0.15) is 0 Å². The first kappa shape index (κ1) is 15.4. The predicted octanol–water partition coefficient (Wildman–Crippen LogP) is 4.50. The number of hydrogen-bond donors (Lipinski definition) is 1. The second-order valence-corrected chi connectivity index (χ2v) is 6.09. The Kier molecular flexibility index (Phi) is 5.17. The fourth-order valence-corrected chi connectivity index (χ4v) is 3.08. The molecule has 3 nitrogen and oxygen atoms in total. The summed E-state index contributed by atoms with van der Waals surface area (Å²) >= 11 is 1.68. The van der Waals surface area contributed by atoms with Crippen molar-refractivity contribution in [1.82, 2.24) is 5.32 Å². The van der Waals surface area contributed by atoms with Gasteiger partial charge in [0, 0.05) is 22.8 Å². The largest absolute Gasteiger partial charge is 0.459 e. The molecule has 0 saturated heterocycles. The summed E-state index contributed by atoms with van der Waals surface area (Å²) < 4.78 is 5.38. The smallest absolute Gasteiger partial charge is 0.287 e. The van der Waals surface area contributed by atoms with Crippen LogP contribution in [-0.4, -0.2) is 5.91 Å². The van der Waals surface area contributed by atoms with Gasteiger partial charge in [-0.15, -0.1) is 11.8 Å². The monoisotopic (exact) mass is 323 g/mol. The number of carbonyl (C=O) groups excluding carboxylic acids is 1. The molecule has 3 aromatic rings. The molecule has 0 aliphatic rings. The minimum Gasteiger partial charge on any atom is -0.459 e. The van der Waals surface area contributed by atoms with E-state index in [1.165, 1.54) is 4.90 Å². The van der Waals surface area contributed by atoms with Gasteiger partial charge in [-0.05, 0) is 23.8 Å². The summed E-state index contributed by atoms with van der Waals surface area (Å²) in [4.78, 5) is 13.5. The molecule has 0 spiro atoms. The third-order valence-electron chi connectivity index (χ3n) is 3.39. The van der Waals surface area contributed by atoms with Gasteiger partial charge >= 0.3 is 0 Å². The zero-order valence-electron chi connectivity index (χ0n) is 12.6. The van der Waals surface area contributed by atoms with Crippen LogP contribution in [0.15, 0.2) is 82.3 Å². The van der Waals surface area contributed by atoms with Crippen molar-refractivity contribution in [3.05, 3.63) is 89.9 Å². The van der Waals surface area contributed by atoms with Crippen LogP contribution in [0.5, 0.6) is 0 Å². The second-order valence-electron chi connectivity index (χ2n) is 5.04. The molecule has 116 valence electrons. The number of thioether (sulfide) groups is 1. The van der Waals surface area contributed by atoms with Crippen LogP contribution in [-0.2, 0) is 12.3 Å². The standard InChI is InChI=1S/C19H17NO2S/c21-19(20-13-15-7-3-1-4-8-15)18-16(11-12-22-18)14-23-17-9-5-2-6-10-17/h1-12H,13-14H2,(H,20,21). The minimum atomic E-state index is -0.178. The van der Waals surface area contributed by atoms with E-state index in [9.17, 15) is 4.79 Å². The lowest BCUT2D eigenvalue weighted by atomic mass is 10.2. The number of furan rings is 1. The highest BCUT2D eigenvalue weighted by molar-refractivity contribution is 7.98. The number of carbonyl (C=O) groups is 1. The fraction of sp³-hybridized carbons (Fsp3) is 0.105. The Morgan fingerprint density at radius 1 is 0.957 bits per heavy atom. The highest BCUT2D eigenvalue weighted by atomic mass is 32.2. The summed E-state index contributed by atoms with van der Waals surface area (Å²) in [6.45, 7) is 0.492. The van der Waals surface area contributed by atoms with Crippen molar-refractivity contribution < 1.29 is 9.21 Å². The van der Waals surface area contributed by atoms with E-state index in [4.69, 9.17) is 4.42 Å². The van der Waals surface area contributed by atoms with Crippen LogP contribution in [0.3, 0.4) is 0 Å². The average Bonchev–Trinajstić information content (AvgIpc) is 3.08. The number of amides is 1. The number of nitrogens with one attached hydrogen (secondary N) is 1. The summed E-state index contributed by atoms with van der Waals surface area (Å²) in [6.07, 6.45) is 1.57. The van der Waals surface area contributed by atoms with E-state index in [1.807, 2.05) is 54.6 Å². The molecule has 0 fully saturated rings. The third-order valence-corrected chi connectivity index (χ3v) is 4.45. The Morgan fingerprint density at radius 3 is 2.39 bits per heavy atom. The Labute approximate surface area is 139 Å². The van der Waals surface area contributed by atoms with E-state index in [0.29, 0.717) is 18.1 Å². The molecular weight excluding hydrogens is 306 g/mol. The highest BCUT2D eigenvalue weighted by Crippen LogP contribution is 2.24. The Bertz CT molecular complexity index is 753. The van der Waals surface area contributed by atoms with Gasteiger partial charge in [-0.3, -0.25) is 4.79 Å². The quantitative estimate of drug-likeness (QED) is 0.679. The summed E-state index contributed by atoms with van der Waals surface area (Å²) in [6, 6.07) is 21.8. The first-order chi connectivity index (χ1) is 11.3. The van der Waals surface area contributed by atoms with Crippen LogP contribution < -0.4 is 5.32 Å². The highest BCUT2D eigenvalue weighted by Gasteiger charge is 2.15. The number of rotatable bonds is 6. The molecule has 23 heavy (non-hydrogen) atoms. The van der Waals surface area contributed by atoms with Crippen LogP contribution in [0.4, 0.5) is 0 Å². The molecule has 3 rings (SSSR count). The van der Waals surface area contributed by atoms with Gasteiger partial charge in [-0.1, -0.05) is 48.5 Å². The number of benzene rings is 2. The van der Waals surface area contributed by atoms with E-state index in [0.717, 1.165) is 11.1 Å². The number of hydrogen-bond acceptors (Lipinski definition) is 3. The van der Waals surface area contributed by atoms with Crippen molar-refractivity contribution in [2.24, 2.45) is 0 Å². The van der Waals surface area contributed by atoms with Crippen LogP contribution in [0.1, 0.15) is 21.7 Å². The topological polar surface area (TPSA) is 42.2 Å². The van der Waals surface area contributed by atoms with Gasteiger partial charge in [0.15, 0.2) is 5.76 Å². The van der Waals surface area contributed by atoms with Crippen molar-refractivity contribution in [2.45, 2.75) is 17.2 Å². The van der Waals surface area contributed by atoms with Crippen LogP contribution >= 0.6 is 11.8 Å². The van der Waals surface area contributed by atoms with E-state index in [1.54, 1.807) is 18.0 Å². The maximum absolute atomic E-state index is 12.3. The van der Waals surface area contributed by atoms with E-state index >= 15 is 0 Å². The van der Waals surface area contributed by atoms with Crippen molar-refractivity contribution in [3.8, 4) is 0 Å². The lowest BCUT2D eigenvalue weighted by molar-refractivity contribution is 0.0922. The van der Waals surface area contributed by atoms with E-state index in [-0.39, 0.29) is 5.91 Å². The molecule has 0 unspecified atom stereocenters. The van der Waals surface area contributed by atoms with Gasteiger partial charge in [-0.2, -0.15) is 0 Å². The Hall–Kier alpha value is -2.46. The lowest BCUT2D eigenvalue weighted by Crippen LogP contribution is -2.23. The van der Waals surface area contributed by atoms with Gasteiger partial charge in [0.2, 0.25) is 0 Å². The average molecular weight is 323 g/mol. The molecule has 0 saturated carbocycles. The molecule has 2 aromatic carbocycles. The molecule has 4 heteroatoms. The second kappa shape index (κ2) is 7.70. The molecule has 0 radical (unpaired) electrons. The van der Waals surface area contributed by atoms with Gasteiger partial charge in [0.25, 0.3) is 5.91 Å². The zero-order chi connectivity index (χ0) is 15.9. The third kappa shape index (κ3) is 4.27. The summed E-state index contributed by atoms with van der Waals surface area (Å²) in [7, 11) is 0. The van der Waals surface area contributed by atoms with Gasteiger partial charge in [-0.25, -0.2) is 0 Å². The molecule has 0 bridgehead atoms. The molecule has 1 amide bonds. The summed E-state index contributed by atoms with van der Waals surface area (Å²) in [5, 5.41) is 2.90. The van der Waals surface area contributed by atoms with Crippen LogP contribution in [0.2, 0.25) is 0 Å². The SMILES string of the molecule is O=C(NCc1ccccc1)c1occc1CSc1ccccc1. The molecule has 1 heterocycles. The van der Waals surface area contributed by atoms with E-state index < -0.39 is 0 Å². The maximum Gasteiger partial charge on any atom is 0.287 e. The molecule has 0 aliphatic heterocycles. The first-order valence-corrected chi connectivity index (χ1v) is 8.38. The van der Waals surface area contributed by atoms with E-state index in [2.05, 4.69) is 17.4 Å². The predicted molar refractivity (Wildman–Crippen MR) is 92.3 cm³/mol. The Balaban J connectivity index is 1.60. The summed E-state index contributed by atoms with van der Waals surface area (Å²) in [5.74, 6) is 0.918. The first-order valence-electron chi connectivity index (χ1n) is 7.39. The van der Waals surface area contributed by atoms with Crippen molar-refractivity contribution >= 4 is 17.7 Å². The normalized spacial score (nSPS) is 10.4. The Morgan fingerprint density at radius 2 is 1.65 bits per heavy atom. The molecule has 0 atom stereocenters. The van der Waals surface area contributed by atoms with Gasteiger partial charge < -0.3 is 9.73 Å². The fourth-order valence-electron chi connectivity index (χ4n) is 2.18. The van der Waals surface area contributed by atoms with Crippen molar-refractivity contribution in [1.29, 1.82) is 0 Å². The molecule has 0 aliphatic carbocycles. The maximum atomic E-state index is 12.3. The zero-order valence-corrected chi connectivity index (χ0v) is 13.4. The lowest BCUT2D eigenvalue weighted by Gasteiger charge is -2.05. The minimum absolute atomic E-state index is 0.178. The molecular formula is C19H17NO2S.